The van der Waals surface area contributed by atoms with Crippen LogP contribution in [0.5, 0.6) is 0 Å². The molecule has 0 aromatic heterocycles. The Morgan fingerprint density at radius 3 is 2.38 bits per heavy atom. The summed E-state index contributed by atoms with van der Waals surface area (Å²) in [6.45, 7) is 13.6. The Hall–Kier alpha value is -0.910. The Morgan fingerprint density at radius 2 is 1.94 bits per heavy atom. The van der Waals surface area contributed by atoms with Crippen LogP contribution in [0.25, 0.3) is 0 Å². The summed E-state index contributed by atoms with van der Waals surface area (Å²) in [5.41, 5.74) is 0. The highest BCUT2D eigenvalue weighted by Crippen LogP contribution is 2.01. The first-order valence-electron chi connectivity index (χ1n) is 5.28. The number of hydrogen-bond donors (Lipinski definition) is 1. The molecule has 2 unspecified atom stereocenters. The van der Waals surface area contributed by atoms with Crippen molar-refractivity contribution in [3.63, 3.8) is 0 Å². The molecule has 0 aromatic carbocycles. The summed E-state index contributed by atoms with van der Waals surface area (Å²) >= 11 is 0. The van der Waals surface area contributed by atoms with Gasteiger partial charge >= 0.3 is 0 Å². The van der Waals surface area contributed by atoms with Crippen molar-refractivity contribution in [1.82, 2.24) is 5.32 Å². The van der Waals surface area contributed by atoms with E-state index in [-0.39, 0.29) is 5.91 Å². The molecule has 5 nitrogen and oxygen atoms in total. The molecule has 96 valence electrons. The molecule has 5 heteroatoms. The lowest BCUT2D eigenvalue weighted by atomic mass is 10.1. The normalized spacial score (nSPS) is 13.2. The molecule has 0 aromatic rings. The number of hydrogen-bond acceptors (Lipinski definition) is 4. The van der Waals surface area contributed by atoms with E-state index in [4.69, 9.17) is 9.78 Å². The standard InChI is InChI=1S/C9H19NO4.C2H4/c1-5-7(2)6-12-14-13-9(4)10-8(3)11;1-2/h7,9H,5-6H2,1-4H3,(H,10,11);1-2H2. The van der Waals surface area contributed by atoms with Crippen molar-refractivity contribution in [3.8, 4) is 0 Å². The van der Waals surface area contributed by atoms with Gasteiger partial charge in [-0.1, -0.05) is 25.3 Å². The van der Waals surface area contributed by atoms with Crippen LogP contribution in [-0.4, -0.2) is 18.7 Å². The van der Waals surface area contributed by atoms with Crippen LogP contribution in [0.4, 0.5) is 0 Å². The van der Waals surface area contributed by atoms with Crippen molar-refractivity contribution in [3.05, 3.63) is 13.2 Å². The van der Waals surface area contributed by atoms with Gasteiger partial charge in [-0.3, -0.25) is 4.79 Å². The maximum Gasteiger partial charge on any atom is 0.218 e. The monoisotopic (exact) mass is 233 g/mol. The van der Waals surface area contributed by atoms with Crippen molar-refractivity contribution >= 4 is 5.91 Å². The summed E-state index contributed by atoms with van der Waals surface area (Å²) in [4.78, 5) is 20.0. The fourth-order valence-electron chi connectivity index (χ4n) is 0.659. The summed E-state index contributed by atoms with van der Waals surface area (Å²) in [7, 11) is 0. The molecule has 0 rings (SSSR count). The molecule has 1 N–H and O–H groups in total. The zero-order chi connectivity index (χ0) is 13.0. The largest absolute Gasteiger partial charge is 0.329 e. The molecule has 0 saturated heterocycles. The number of rotatable bonds is 7. The molecule has 0 saturated carbocycles. The van der Waals surface area contributed by atoms with E-state index in [9.17, 15) is 4.79 Å². The average molecular weight is 233 g/mol. The van der Waals surface area contributed by atoms with Gasteiger partial charge in [-0.15, -0.1) is 13.2 Å². The summed E-state index contributed by atoms with van der Waals surface area (Å²) < 4.78 is 0. The maximum atomic E-state index is 10.6. The fraction of sp³-hybridized carbons (Fsp3) is 0.727. The van der Waals surface area contributed by atoms with Crippen molar-refractivity contribution in [2.75, 3.05) is 6.61 Å². The predicted molar refractivity (Wildman–Crippen MR) is 62.1 cm³/mol. The van der Waals surface area contributed by atoms with Crippen LogP contribution in [0.1, 0.15) is 34.1 Å². The van der Waals surface area contributed by atoms with E-state index >= 15 is 0 Å². The Bertz CT molecular complexity index is 175. The zero-order valence-corrected chi connectivity index (χ0v) is 10.6. The second-order valence-corrected chi connectivity index (χ2v) is 3.30. The van der Waals surface area contributed by atoms with Crippen LogP contribution in [0.15, 0.2) is 13.2 Å². The summed E-state index contributed by atoms with van der Waals surface area (Å²) in [6, 6.07) is 0. The SMILES string of the molecule is C=C.CCC(C)COOOC(C)NC(C)=O. The van der Waals surface area contributed by atoms with Gasteiger partial charge < -0.3 is 5.32 Å². The molecule has 2 atom stereocenters. The molecular formula is C11H23NO4. The smallest absolute Gasteiger partial charge is 0.218 e. The van der Waals surface area contributed by atoms with Gasteiger partial charge in [0, 0.05) is 6.92 Å². The van der Waals surface area contributed by atoms with Crippen molar-refractivity contribution in [2.45, 2.75) is 40.3 Å². The quantitative estimate of drug-likeness (QED) is 0.241. The van der Waals surface area contributed by atoms with Gasteiger partial charge in [0.25, 0.3) is 0 Å². The van der Waals surface area contributed by atoms with Crippen molar-refractivity contribution in [2.24, 2.45) is 5.92 Å². The van der Waals surface area contributed by atoms with E-state index in [1.54, 1.807) is 6.92 Å². The molecule has 0 aliphatic heterocycles. The van der Waals surface area contributed by atoms with Crippen LogP contribution in [-0.2, 0) is 19.6 Å². The average Bonchev–Trinajstić information content (AvgIpc) is 2.26. The molecule has 0 fully saturated rings. The highest BCUT2D eigenvalue weighted by Gasteiger charge is 2.05. The van der Waals surface area contributed by atoms with E-state index in [0.29, 0.717) is 12.5 Å². The molecule has 0 radical (unpaired) electrons. The van der Waals surface area contributed by atoms with Gasteiger partial charge in [0.2, 0.25) is 5.91 Å². The Kier molecular flexibility index (Phi) is 13.3. The number of nitrogens with one attached hydrogen (secondary N) is 1. The van der Waals surface area contributed by atoms with Crippen LogP contribution < -0.4 is 5.32 Å². The van der Waals surface area contributed by atoms with Crippen LogP contribution in [0.2, 0.25) is 0 Å². The van der Waals surface area contributed by atoms with E-state index < -0.39 is 6.23 Å². The lowest BCUT2D eigenvalue weighted by Crippen LogP contribution is -2.32. The van der Waals surface area contributed by atoms with Crippen LogP contribution in [0, 0.1) is 5.92 Å². The van der Waals surface area contributed by atoms with Crippen LogP contribution >= 0.6 is 0 Å². The molecule has 0 spiro atoms. The Balaban J connectivity index is 0. The lowest BCUT2D eigenvalue weighted by Gasteiger charge is -2.12. The molecular weight excluding hydrogens is 210 g/mol. The Morgan fingerprint density at radius 1 is 1.38 bits per heavy atom. The predicted octanol–water partition coefficient (Wildman–Crippen LogP) is 2.20. The third-order valence-corrected chi connectivity index (χ3v) is 1.69. The highest BCUT2D eigenvalue weighted by molar-refractivity contribution is 5.72. The molecule has 0 bridgehead atoms. The second-order valence-electron chi connectivity index (χ2n) is 3.30. The second kappa shape index (κ2) is 12.2. The summed E-state index contributed by atoms with van der Waals surface area (Å²) in [5.74, 6) is 0.248. The van der Waals surface area contributed by atoms with E-state index in [0.717, 1.165) is 6.42 Å². The van der Waals surface area contributed by atoms with Gasteiger partial charge in [-0.25, -0.2) is 4.89 Å². The maximum absolute atomic E-state index is 10.6. The first-order valence-corrected chi connectivity index (χ1v) is 5.28. The molecule has 1 amide bonds. The third-order valence-electron chi connectivity index (χ3n) is 1.69. The van der Waals surface area contributed by atoms with E-state index in [2.05, 4.69) is 30.4 Å². The van der Waals surface area contributed by atoms with Crippen LogP contribution in [0.3, 0.4) is 0 Å². The van der Waals surface area contributed by atoms with Gasteiger partial charge in [-0.2, -0.15) is 4.89 Å². The number of carbonyl (C=O) groups is 1. The molecule has 16 heavy (non-hydrogen) atoms. The van der Waals surface area contributed by atoms with Crippen molar-refractivity contribution < 1.29 is 19.6 Å². The highest BCUT2D eigenvalue weighted by atomic mass is 17.5. The van der Waals surface area contributed by atoms with Gasteiger partial charge in [0.05, 0.1) is 6.61 Å². The summed E-state index contributed by atoms with van der Waals surface area (Å²) in [6.07, 6.45) is 0.509. The van der Waals surface area contributed by atoms with Gasteiger partial charge in [0.1, 0.15) is 0 Å². The minimum Gasteiger partial charge on any atom is -0.329 e. The first-order chi connectivity index (χ1) is 7.56. The van der Waals surface area contributed by atoms with Crippen molar-refractivity contribution in [1.29, 1.82) is 0 Å². The van der Waals surface area contributed by atoms with Gasteiger partial charge in [0.15, 0.2) is 6.23 Å². The minimum atomic E-state index is -0.510. The lowest BCUT2D eigenvalue weighted by molar-refractivity contribution is -0.528. The molecule has 0 aliphatic rings. The third kappa shape index (κ3) is 13.1. The summed E-state index contributed by atoms with van der Waals surface area (Å²) in [5, 5.41) is 6.93. The van der Waals surface area contributed by atoms with E-state index in [1.807, 2.05) is 6.92 Å². The zero-order valence-electron chi connectivity index (χ0n) is 10.6. The molecule has 0 aliphatic carbocycles. The topological polar surface area (TPSA) is 56.8 Å². The first kappa shape index (κ1) is 17.5. The number of carbonyl (C=O) groups excluding carboxylic acids is 1. The minimum absolute atomic E-state index is 0.178. The van der Waals surface area contributed by atoms with E-state index in [1.165, 1.54) is 6.92 Å². The fourth-order valence-corrected chi connectivity index (χ4v) is 0.659. The van der Waals surface area contributed by atoms with Gasteiger partial charge in [-0.05, 0) is 12.8 Å². The number of amides is 1. The molecule has 0 heterocycles. The Labute approximate surface area is 97.6 Å².